The number of aliphatic imine (C=N–C) groups is 1. The van der Waals surface area contributed by atoms with Crippen molar-refractivity contribution in [1.29, 1.82) is 0 Å². The zero-order valence-electron chi connectivity index (χ0n) is 13.7. The molecule has 138 valence electrons. The first-order chi connectivity index (χ1) is 11.0. The summed E-state index contributed by atoms with van der Waals surface area (Å²) in [6.07, 6.45) is 3.54. The molecule has 7 nitrogen and oxygen atoms in total. The number of hydrogen-bond acceptors (Lipinski definition) is 5. The number of sulfonamides is 1. The van der Waals surface area contributed by atoms with Crippen molar-refractivity contribution in [3.8, 4) is 0 Å². The molecular formula is C14H25IN4O3S2. The molecule has 1 fully saturated rings. The van der Waals surface area contributed by atoms with Crippen LogP contribution in [-0.2, 0) is 21.3 Å². The van der Waals surface area contributed by atoms with Gasteiger partial charge in [0.1, 0.15) is 4.21 Å². The highest BCUT2D eigenvalue weighted by molar-refractivity contribution is 14.0. The van der Waals surface area contributed by atoms with E-state index in [2.05, 4.69) is 15.6 Å². The van der Waals surface area contributed by atoms with Crippen molar-refractivity contribution in [1.82, 2.24) is 10.6 Å². The van der Waals surface area contributed by atoms with Crippen molar-refractivity contribution >= 4 is 51.3 Å². The summed E-state index contributed by atoms with van der Waals surface area (Å²) in [5.74, 6) is 1.48. The van der Waals surface area contributed by atoms with Gasteiger partial charge in [-0.3, -0.25) is 4.99 Å². The third-order valence-corrected chi connectivity index (χ3v) is 5.90. The predicted molar refractivity (Wildman–Crippen MR) is 107 cm³/mol. The number of primary sulfonamides is 1. The molecule has 1 aliphatic carbocycles. The first kappa shape index (κ1) is 21.6. The van der Waals surface area contributed by atoms with Gasteiger partial charge >= 0.3 is 0 Å². The quantitative estimate of drug-likeness (QED) is 0.212. The van der Waals surface area contributed by atoms with E-state index in [0.29, 0.717) is 12.5 Å². The number of halogens is 1. The lowest BCUT2D eigenvalue weighted by Crippen LogP contribution is -2.37. The van der Waals surface area contributed by atoms with Crippen LogP contribution in [0.4, 0.5) is 0 Å². The van der Waals surface area contributed by atoms with Crippen LogP contribution < -0.4 is 15.8 Å². The van der Waals surface area contributed by atoms with Crippen LogP contribution in [0.15, 0.2) is 21.3 Å². The molecule has 0 saturated heterocycles. The number of ether oxygens (including phenoxy) is 1. The van der Waals surface area contributed by atoms with Crippen molar-refractivity contribution in [3.63, 3.8) is 0 Å². The van der Waals surface area contributed by atoms with Crippen molar-refractivity contribution in [2.24, 2.45) is 16.0 Å². The Bertz CT molecular complexity index is 630. The Kier molecular flexibility index (Phi) is 9.49. The highest BCUT2D eigenvalue weighted by Gasteiger charge is 2.20. The monoisotopic (exact) mass is 488 g/mol. The van der Waals surface area contributed by atoms with E-state index in [1.165, 1.54) is 18.9 Å². The van der Waals surface area contributed by atoms with Crippen molar-refractivity contribution in [3.05, 3.63) is 17.0 Å². The SMILES string of the molecule is CN=C(NCCCOCC1CC1)NCc1ccc(S(N)(=O)=O)s1.I. The lowest BCUT2D eigenvalue weighted by molar-refractivity contribution is 0.123. The second-order valence-corrected chi connectivity index (χ2v) is 8.45. The summed E-state index contributed by atoms with van der Waals surface area (Å²) in [5, 5.41) is 11.4. The van der Waals surface area contributed by atoms with E-state index in [0.717, 1.165) is 48.3 Å². The van der Waals surface area contributed by atoms with Crippen LogP contribution in [0.25, 0.3) is 0 Å². The second-order valence-electron chi connectivity index (χ2n) is 5.49. The molecule has 0 bridgehead atoms. The van der Waals surface area contributed by atoms with Crippen molar-refractivity contribution < 1.29 is 13.2 Å². The zero-order valence-corrected chi connectivity index (χ0v) is 17.6. The van der Waals surface area contributed by atoms with E-state index >= 15 is 0 Å². The number of guanidine groups is 1. The summed E-state index contributed by atoms with van der Waals surface area (Å²) in [6.45, 7) is 2.91. The average molecular weight is 488 g/mol. The summed E-state index contributed by atoms with van der Waals surface area (Å²) in [7, 11) is -1.92. The van der Waals surface area contributed by atoms with Crippen LogP contribution in [0.1, 0.15) is 24.1 Å². The molecule has 1 aromatic heterocycles. The van der Waals surface area contributed by atoms with E-state index in [9.17, 15) is 8.42 Å². The van der Waals surface area contributed by atoms with Gasteiger partial charge in [-0.05, 0) is 37.3 Å². The highest BCUT2D eigenvalue weighted by atomic mass is 127. The first-order valence-corrected chi connectivity index (χ1v) is 9.99. The largest absolute Gasteiger partial charge is 0.381 e. The van der Waals surface area contributed by atoms with Crippen LogP contribution in [0.2, 0.25) is 0 Å². The third-order valence-electron chi connectivity index (χ3n) is 3.38. The Hall–Kier alpha value is -0.430. The molecule has 10 heteroatoms. The van der Waals surface area contributed by atoms with Gasteiger partial charge in [-0.25, -0.2) is 13.6 Å². The van der Waals surface area contributed by atoms with E-state index in [1.807, 2.05) is 0 Å². The standard InChI is InChI=1S/C14H24N4O3S2.HI/c1-16-14(17-7-2-8-21-10-11-3-4-11)18-9-12-5-6-13(22-12)23(15,19)20;/h5-6,11H,2-4,7-10H2,1H3,(H2,15,19,20)(H2,16,17,18);1H. The normalized spacial score (nSPS) is 15.0. The van der Waals surface area contributed by atoms with Crippen LogP contribution in [0.5, 0.6) is 0 Å². The van der Waals surface area contributed by atoms with Gasteiger partial charge in [0.2, 0.25) is 10.0 Å². The smallest absolute Gasteiger partial charge is 0.247 e. The first-order valence-electron chi connectivity index (χ1n) is 7.63. The van der Waals surface area contributed by atoms with Gasteiger partial charge in [0.15, 0.2) is 5.96 Å². The number of rotatable bonds is 9. The molecule has 0 unspecified atom stereocenters. The fourth-order valence-electron chi connectivity index (χ4n) is 1.91. The van der Waals surface area contributed by atoms with Crippen LogP contribution in [-0.4, -0.2) is 41.2 Å². The molecule has 1 aliphatic rings. The van der Waals surface area contributed by atoms with E-state index < -0.39 is 10.0 Å². The number of nitrogens with zero attached hydrogens (tertiary/aromatic N) is 1. The summed E-state index contributed by atoms with van der Waals surface area (Å²) >= 11 is 1.16. The minimum atomic E-state index is -3.62. The van der Waals surface area contributed by atoms with Gasteiger partial charge < -0.3 is 15.4 Å². The molecule has 1 aromatic rings. The van der Waals surface area contributed by atoms with Crippen LogP contribution in [0, 0.1) is 5.92 Å². The summed E-state index contributed by atoms with van der Waals surface area (Å²) in [5.41, 5.74) is 0. The molecule has 0 amide bonds. The van der Waals surface area contributed by atoms with Crippen molar-refractivity contribution in [2.45, 2.75) is 30.0 Å². The van der Waals surface area contributed by atoms with Gasteiger partial charge in [-0.1, -0.05) is 0 Å². The molecule has 0 aromatic carbocycles. The minimum absolute atomic E-state index is 0. The predicted octanol–water partition coefficient (Wildman–Crippen LogP) is 1.50. The van der Waals surface area contributed by atoms with E-state index in [4.69, 9.17) is 9.88 Å². The zero-order chi connectivity index (χ0) is 16.7. The number of hydrogen-bond donors (Lipinski definition) is 3. The average Bonchev–Trinajstić information content (AvgIpc) is 3.19. The molecule has 0 atom stereocenters. The van der Waals surface area contributed by atoms with Crippen molar-refractivity contribution in [2.75, 3.05) is 26.8 Å². The van der Waals surface area contributed by atoms with Crippen LogP contribution in [0.3, 0.4) is 0 Å². The summed E-state index contributed by atoms with van der Waals surface area (Å²) in [6, 6.07) is 3.26. The number of nitrogens with two attached hydrogens (primary N) is 1. The summed E-state index contributed by atoms with van der Waals surface area (Å²) < 4.78 is 28.2. The van der Waals surface area contributed by atoms with Gasteiger partial charge in [0.25, 0.3) is 0 Å². The van der Waals surface area contributed by atoms with Gasteiger partial charge in [0, 0.05) is 31.7 Å². The van der Waals surface area contributed by atoms with Gasteiger partial charge in [0.05, 0.1) is 6.54 Å². The Morgan fingerprint density at radius 1 is 1.42 bits per heavy atom. The summed E-state index contributed by atoms with van der Waals surface area (Å²) in [4.78, 5) is 5.01. The Morgan fingerprint density at radius 2 is 2.17 bits per heavy atom. The molecule has 1 saturated carbocycles. The Labute approximate surface area is 164 Å². The molecule has 1 heterocycles. The van der Waals surface area contributed by atoms with Gasteiger partial charge in [-0.2, -0.15) is 0 Å². The lowest BCUT2D eigenvalue weighted by atomic mass is 10.4. The lowest BCUT2D eigenvalue weighted by Gasteiger charge is -2.11. The molecule has 0 spiro atoms. The number of thiophene rings is 1. The Balaban J connectivity index is 0.00000288. The molecular weight excluding hydrogens is 463 g/mol. The van der Waals surface area contributed by atoms with E-state index in [-0.39, 0.29) is 28.2 Å². The molecule has 0 aliphatic heterocycles. The van der Waals surface area contributed by atoms with Gasteiger partial charge in [-0.15, -0.1) is 35.3 Å². The fraction of sp³-hybridized carbons (Fsp3) is 0.643. The second kappa shape index (κ2) is 10.5. The maximum Gasteiger partial charge on any atom is 0.247 e. The molecule has 0 radical (unpaired) electrons. The fourth-order valence-corrected chi connectivity index (χ4v) is 3.63. The third kappa shape index (κ3) is 8.10. The Morgan fingerprint density at radius 3 is 2.75 bits per heavy atom. The maximum absolute atomic E-state index is 11.2. The minimum Gasteiger partial charge on any atom is -0.381 e. The van der Waals surface area contributed by atoms with Crippen LogP contribution >= 0.6 is 35.3 Å². The number of nitrogens with one attached hydrogen (secondary N) is 2. The molecule has 4 N–H and O–H groups in total. The molecule has 24 heavy (non-hydrogen) atoms. The van der Waals surface area contributed by atoms with E-state index in [1.54, 1.807) is 13.1 Å². The maximum atomic E-state index is 11.2. The molecule has 2 rings (SSSR count). The highest BCUT2D eigenvalue weighted by Crippen LogP contribution is 2.28. The topological polar surface area (TPSA) is 106 Å².